The van der Waals surface area contributed by atoms with Crippen molar-refractivity contribution in [2.45, 2.75) is 26.3 Å². The molecular weight excluding hydrogens is 192 g/mol. The third-order valence-electron chi connectivity index (χ3n) is 2.55. The molecule has 2 N–H and O–H groups in total. The maximum absolute atomic E-state index is 11.0. The van der Waals surface area contributed by atoms with E-state index in [1.165, 1.54) is 0 Å². The first-order chi connectivity index (χ1) is 7.11. The average molecular weight is 206 g/mol. The topological polar surface area (TPSA) is 52.6 Å². The Labute approximate surface area is 88.5 Å². The van der Waals surface area contributed by atoms with E-state index in [1.807, 2.05) is 37.1 Å². The average Bonchev–Trinajstić information content (AvgIpc) is 2.56. The normalized spacial score (nSPS) is 19.1. The van der Waals surface area contributed by atoms with Crippen LogP contribution in [0, 0.1) is 0 Å². The van der Waals surface area contributed by atoms with Gasteiger partial charge in [-0.3, -0.25) is 10.4 Å². The molecule has 4 nitrogen and oxygen atoms in total. The molecule has 0 atom stereocenters. The maximum atomic E-state index is 11.0. The van der Waals surface area contributed by atoms with E-state index in [0.29, 0.717) is 12.1 Å². The number of rotatable bonds is 2. The minimum atomic E-state index is -0.894. The molecule has 0 aromatic heterocycles. The molecule has 0 bridgehead atoms. The second-order valence-electron chi connectivity index (χ2n) is 3.92. The Hall–Kier alpha value is -1.71. The summed E-state index contributed by atoms with van der Waals surface area (Å²) in [6.45, 7) is 4.04. The predicted octanol–water partition coefficient (Wildman–Crippen LogP) is 1.40. The van der Waals surface area contributed by atoms with E-state index in [1.54, 1.807) is 0 Å². The van der Waals surface area contributed by atoms with Crippen LogP contribution in [0.4, 0.5) is 0 Å². The van der Waals surface area contributed by atoms with Crippen LogP contribution >= 0.6 is 0 Å². The molecule has 0 amide bonds. The highest BCUT2D eigenvalue weighted by Gasteiger charge is 2.31. The van der Waals surface area contributed by atoms with Crippen molar-refractivity contribution in [3.63, 3.8) is 0 Å². The van der Waals surface area contributed by atoms with Gasteiger partial charge >= 0.3 is 5.97 Å². The SMILES string of the molecule is CC(C)N1NC(C(=O)O)=C2CC=CC=C21. The van der Waals surface area contributed by atoms with Crippen molar-refractivity contribution >= 4 is 5.97 Å². The molecule has 4 heteroatoms. The number of allylic oxidation sites excluding steroid dienone is 4. The summed E-state index contributed by atoms with van der Waals surface area (Å²) >= 11 is 0. The van der Waals surface area contributed by atoms with Gasteiger partial charge in [0.15, 0.2) is 0 Å². The summed E-state index contributed by atoms with van der Waals surface area (Å²) in [7, 11) is 0. The highest BCUT2D eigenvalue weighted by molar-refractivity contribution is 5.89. The standard InChI is InChI=1S/C11H14N2O2/c1-7(2)13-9-6-4-3-5-8(9)10(12-13)11(14)15/h3-4,6-7,12H,5H2,1-2H3,(H,14,15). The van der Waals surface area contributed by atoms with Gasteiger partial charge in [-0.2, -0.15) is 0 Å². The zero-order valence-electron chi connectivity index (χ0n) is 8.82. The molecule has 80 valence electrons. The monoisotopic (exact) mass is 206 g/mol. The molecule has 0 saturated heterocycles. The van der Waals surface area contributed by atoms with Gasteiger partial charge < -0.3 is 5.11 Å². The lowest BCUT2D eigenvalue weighted by atomic mass is 10.0. The summed E-state index contributed by atoms with van der Waals surface area (Å²) in [5, 5.41) is 10.9. The van der Waals surface area contributed by atoms with Gasteiger partial charge in [-0.15, -0.1) is 0 Å². The molecule has 0 radical (unpaired) electrons. The number of hydrazine groups is 1. The molecule has 15 heavy (non-hydrogen) atoms. The maximum Gasteiger partial charge on any atom is 0.354 e. The fourth-order valence-corrected chi connectivity index (χ4v) is 1.84. The van der Waals surface area contributed by atoms with Gasteiger partial charge in [0.1, 0.15) is 5.70 Å². The Morgan fingerprint density at radius 2 is 2.33 bits per heavy atom. The molecule has 2 aliphatic rings. The number of carboxylic acids is 1. The number of carbonyl (C=O) groups is 1. The second-order valence-corrected chi connectivity index (χ2v) is 3.92. The summed E-state index contributed by atoms with van der Waals surface area (Å²) in [5.74, 6) is -0.894. The molecular formula is C11H14N2O2. The number of hydrogen-bond acceptors (Lipinski definition) is 3. The van der Waals surface area contributed by atoms with Gasteiger partial charge in [0.05, 0.1) is 5.70 Å². The van der Waals surface area contributed by atoms with Crippen molar-refractivity contribution < 1.29 is 9.90 Å². The Morgan fingerprint density at radius 3 is 2.93 bits per heavy atom. The minimum Gasteiger partial charge on any atom is -0.477 e. The number of hydrogen-bond donors (Lipinski definition) is 2. The fourth-order valence-electron chi connectivity index (χ4n) is 1.84. The van der Waals surface area contributed by atoms with Gasteiger partial charge in [0.2, 0.25) is 0 Å². The largest absolute Gasteiger partial charge is 0.477 e. The van der Waals surface area contributed by atoms with E-state index < -0.39 is 5.97 Å². The van der Waals surface area contributed by atoms with Crippen LogP contribution in [0.1, 0.15) is 20.3 Å². The molecule has 1 heterocycles. The number of nitrogens with zero attached hydrogens (tertiary/aromatic N) is 1. The molecule has 1 aliphatic heterocycles. The van der Waals surface area contributed by atoms with Crippen LogP contribution < -0.4 is 5.43 Å². The predicted molar refractivity (Wildman–Crippen MR) is 56.6 cm³/mol. The zero-order chi connectivity index (χ0) is 11.0. The summed E-state index contributed by atoms with van der Waals surface area (Å²) in [5.41, 5.74) is 5.09. The molecule has 1 aliphatic carbocycles. The number of carboxylic acid groups (broad SMARTS) is 1. The van der Waals surface area contributed by atoms with E-state index in [9.17, 15) is 4.79 Å². The smallest absolute Gasteiger partial charge is 0.354 e. The molecule has 0 fully saturated rings. The molecule has 0 aromatic rings. The Bertz CT molecular complexity index is 391. The number of aliphatic carboxylic acids is 1. The first-order valence-corrected chi connectivity index (χ1v) is 5.00. The summed E-state index contributed by atoms with van der Waals surface area (Å²) in [6, 6.07) is 0.231. The van der Waals surface area contributed by atoms with E-state index >= 15 is 0 Å². The lowest BCUT2D eigenvalue weighted by Crippen LogP contribution is -2.38. The Morgan fingerprint density at radius 1 is 1.60 bits per heavy atom. The second kappa shape index (κ2) is 3.46. The van der Waals surface area contributed by atoms with Gasteiger partial charge in [-0.1, -0.05) is 12.2 Å². The lowest BCUT2D eigenvalue weighted by Gasteiger charge is -2.26. The van der Waals surface area contributed by atoms with Crippen LogP contribution in [0.15, 0.2) is 35.2 Å². The van der Waals surface area contributed by atoms with Crippen molar-refractivity contribution in [2.75, 3.05) is 0 Å². The quantitative estimate of drug-likeness (QED) is 0.717. The molecule has 2 rings (SSSR count). The van der Waals surface area contributed by atoms with Gasteiger partial charge in [0, 0.05) is 11.6 Å². The van der Waals surface area contributed by atoms with Crippen LogP contribution in [0.5, 0.6) is 0 Å². The first kappa shape index (κ1) is 9.83. The third-order valence-corrected chi connectivity index (χ3v) is 2.55. The summed E-state index contributed by atoms with van der Waals surface area (Å²) in [4.78, 5) is 11.0. The van der Waals surface area contributed by atoms with E-state index in [-0.39, 0.29) is 6.04 Å². The number of nitrogens with one attached hydrogen (secondary N) is 1. The molecule has 0 saturated carbocycles. The van der Waals surface area contributed by atoms with Crippen molar-refractivity contribution in [3.8, 4) is 0 Å². The Balaban J connectivity index is 2.41. The van der Waals surface area contributed by atoms with Gasteiger partial charge in [-0.05, 0) is 26.3 Å². The Kier molecular flexibility index (Phi) is 2.26. The van der Waals surface area contributed by atoms with Crippen LogP contribution in [-0.2, 0) is 4.79 Å². The van der Waals surface area contributed by atoms with Crippen LogP contribution in [0.25, 0.3) is 0 Å². The van der Waals surface area contributed by atoms with Crippen molar-refractivity contribution in [2.24, 2.45) is 0 Å². The van der Waals surface area contributed by atoms with Gasteiger partial charge in [-0.25, -0.2) is 4.79 Å². The molecule has 0 unspecified atom stereocenters. The first-order valence-electron chi connectivity index (χ1n) is 5.00. The van der Waals surface area contributed by atoms with Crippen LogP contribution in [0.2, 0.25) is 0 Å². The van der Waals surface area contributed by atoms with Crippen molar-refractivity contribution in [3.05, 3.63) is 35.2 Å². The van der Waals surface area contributed by atoms with Crippen LogP contribution in [0.3, 0.4) is 0 Å². The third kappa shape index (κ3) is 1.52. The molecule has 0 aromatic carbocycles. The van der Waals surface area contributed by atoms with E-state index in [2.05, 4.69) is 5.43 Å². The van der Waals surface area contributed by atoms with E-state index in [4.69, 9.17) is 5.11 Å². The van der Waals surface area contributed by atoms with Crippen LogP contribution in [-0.4, -0.2) is 22.1 Å². The van der Waals surface area contributed by atoms with Crippen molar-refractivity contribution in [1.82, 2.24) is 10.4 Å². The number of fused-ring (bicyclic) bond motifs is 1. The highest BCUT2D eigenvalue weighted by atomic mass is 16.4. The summed E-state index contributed by atoms with van der Waals surface area (Å²) in [6.07, 6.45) is 6.55. The van der Waals surface area contributed by atoms with Crippen molar-refractivity contribution in [1.29, 1.82) is 0 Å². The van der Waals surface area contributed by atoms with E-state index in [0.717, 1.165) is 11.3 Å². The zero-order valence-corrected chi connectivity index (χ0v) is 8.82. The fraction of sp³-hybridized carbons (Fsp3) is 0.364. The summed E-state index contributed by atoms with van der Waals surface area (Å²) < 4.78 is 0. The van der Waals surface area contributed by atoms with Gasteiger partial charge in [0.25, 0.3) is 0 Å². The molecule has 0 spiro atoms. The highest BCUT2D eigenvalue weighted by Crippen LogP contribution is 2.31. The minimum absolute atomic E-state index is 0.231. The lowest BCUT2D eigenvalue weighted by molar-refractivity contribution is -0.133.